The number of hydrogen-bond donors (Lipinski definition) is 2. The van der Waals surface area contributed by atoms with Crippen LogP contribution in [0.2, 0.25) is 10.0 Å². The van der Waals surface area contributed by atoms with E-state index in [0.717, 1.165) is 11.3 Å². The molecule has 6 rings (SSSR count). The van der Waals surface area contributed by atoms with Crippen LogP contribution in [0.3, 0.4) is 0 Å². The molecule has 0 fully saturated rings. The van der Waals surface area contributed by atoms with Crippen molar-refractivity contribution in [1.29, 1.82) is 0 Å². The van der Waals surface area contributed by atoms with E-state index >= 15 is 0 Å². The monoisotopic (exact) mass is 561 g/mol. The molecule has 9 heteroatoms. The summed E-state index contributed by atoms with van der Waals surface area (Å²) < 4.78 is 12.4. The first-order valence-electron chi connectivity index (χ1n) is 12.5. The zero-order chi connectivity index (χ0) is 27.3. The van der Waals surface area contributed by atoms with Gasteiger partial charge in [-0.2, -0.15) is 0 Å². The van der Waals surface area contributed by atoms with Crippen molar-refractivity contribution in [2.75, 3.05) is 19.5 Å². The summed E-state index contributed by atoms with van der Waals surface area (Å²) in [4.78, 5) is 27.7. The molecule has 2 unspecified atom stereocenters. The first-order valence-corrected chi connectivity index (χ1v) is 13.3. The van der Waals surface area contributed by atoms with Gasteiger partial charge in [-0.1, -0.05) is 53.5 Å². The van der Waals surface area contributed by atoms with Gasteiger partial charge in [-0.05, 0) is 59.9 Å². The molecule has 7 nitrogen and oxygen atoms in total. The summed E-state index contributed by atoms with van der Waals surface area (Å²) in [5.74, 6) is 0.997. The Morgan fingerprint density at radius 3 is 2.38 bits per heavy atom. The SMILES string of the molecule is COc1ccc(C2CC(=O)C3=C(C2)Nc2[nH]n(-c4ccccc4)c(=O)c2C3c2ccc(Cl)cc2Cl)cc1OC. The topological polar surface area (TPSA) is 85.4 Å². The van der Waals surface area contributed by atoms with Crippen molar-refractivity contribution in [2.24, 2.45) is 0 Å². The molecule has 0 spiro atoms. The smallest absolute Gasteiger partial charge is 0.277 e. The van der Waals surface area contributed by atoms with Crippen LogP contribution in [0.4, 0.5) is 5.82 Å². The highest BCUT2D eigenvalue weighted by molar-refractivity contribution is 6.35. The molecule has 1 aliphatic carbocycles. The lowest BCUT2D eigenvalue weighted by atomic mass is 9.72. The van der Waals surface area contributed by atoms with Gasteiger partial charge in [-0.15, -0.1) is 0 Å². The Morgan fingerprint density at radius 1 is 0.897 bits per heavy atom. The molecule has 2 heterocycles. The predicted molar refractivity (Wildman–Crippen MR) is 152 cm³/mol. The van der Waals surface area contributed by atoms with Crippen molar-refractivity contribution >= 4 is 34.8 Å². The van der Waals surface area contributed by atoms with Gasteiger partial charge in [0.15, 0.2) is 17.3 Å². The van der Waals surface area contributed by atoms with Gasteiger partial charge in [-0.3, -0.25) is 14.7 Å². The molecule has 2 N–H and O–H groups in total. The number of fused-ring (bicyclic) bond motifs is 1. The lowest BCUT2D eigenvalue weighted by Gasteiger charge is -2.35. The Bertz CT molecular complexity index is 1690. The lowest BCUT2D eigenvalue weighted by Crippen LogP contribution is -2.32. The minimum atomic E-state index is -0.645. The van der Waals surface area contributed by atoms with Crippen LogP contribution in [0.5, 0.6) is 11.5 Å². The Balaban J connectivity index is 1.49. The van der Waals surface area contributed by atoms with Crippen molar-refractivity contribution < 1.29 is 14.3 Å². The molecule has 0 amide bonds. The summed E-state index contributed by atoms with van der Waals surface area (Å²) in [5, 5.41) is 7.50. The highest BCUT2D eigenvalue weighted by Crippen LogP contribution is 2.48. The van der Waals surface area contributed by atoms with E-state index in [4.69, 9.17) is 32.7 Å². The quantitative estimate of drug-likeness (QED) is 0.292. The zero-order valence-corrected chi connectivity index (χ0v) is 22.8. The number of carbonyl (C=O) groups is 1. The van der Waals surface area contributed by atoms with Crippen molar-refractivity contribution in [2.45, 2.75) is 24.7 Å². The number of ketones is 1. The highest BCUT2D eigenvalue weighted by Gasteiger charge is 2.42. The number of ether oxygens (including phenoxy) is 2. The highest BCUT2D eigenvalue weighted by atomic mass is 35.5. The number of nitrogens with zero attached hydrogens (tertiary/aromatic N) is 1. The molecule has 0 saturated carbocycles. The standard InChI is InChI=1S/C30H25Cl2N3O4/c1-38-24-11-8-16(14-25(24)39-2)17-12-22-27(23(36)13-17)26(20-10-9-18(31)15-21(20)32)28-29(33-22)34-35(30(28)37)19-6-4-3-5-7-19/h3-11,14-15,17,26,33-34H,12-13H2,1-2H3. The van der Waals surface area contributed by atoms with Crippen LogP contribution in [-0.2, 0) is 4.79 Å². The third-order valence-corrected chi connectivity index (χ3v) is 8.02. The fourth-order valence-electron chi connectivity index (χ4n) is 5.64. The first-order chi connectivity index (χ1) is 18.9. The molecule has 1 aliphatic heterocycles. The number of para-hydroxylation sites is 1. The second-order valence-corrected chi connectivity index (χ2v) is 10.5. The van der Waals surface area contributed by atoms with E-state index in [-0.39, 0.29) is 23.7 Å². The summed E-state index contributed by atoms with van der Waals surface area (Å²) in [5.41, 5.74) is 3.82. The maximum absolute atomic E-state index is 13.9. The Hall–Kier alpha value is -3.94. The second-order valence-electron chi connectivity index (χ2n) is 9.64. The number of carbonyl (C=O) groups excluding carboxylic acids is 1. The minimum absolute atomic E-state index is 0.0444. The van der Waals surface area contributed by atoms with Gasteiger partial charge in [0, 0.05) is 33.7 Å². The van der Waals surface area contributed by atoms with Crippen LogP contribution in [0.25, 0.3) is 5.69 Å². The van der Waals surface area contributed by atoms with Crippen molar-refractivity contribution in [1.82, 2.24) is 9.78 Å². The van der Waals surface area contributed by atoms with Crippen LogP contribution >= 0.6 is 23.2 Å². The number of H-pyrrole nitrogens is 1. The molecule has 3 aromatic carbocycles. The number of anilines is 1. The van der Waals surface area contributed by atoms with E-state index in [0.29, 0.717) is 56.2 Å². The number of rotatable bonds is 5. The maximum Gasteiger partial charge on any atom is 0.277 e. The summed E-state index contributed by atoms with van der Waals surface area (Å²) in [7, 11) is 3.18. The van der Waals surface area contributed by atoms with Gasteiger partial charge in [0.1, 0.15) is 5.82 Å². The molecule has 198 valence electrons. The molecular formula is C30H25Cl2N3O4. The Kier molecular flexibility index (Phi) is 6.49. The molecule has 2 atom stereocenters. The van der Waals surface area contributed by atoms with E-state index in [1.54, 1.807) is 32.4 Å². The van der Waals surface area contributed by atoms with Crippen LogP contribution in [0.1, 0.15) is 41.4 Å². The molecule has 1 aromatic heterocycles. The third kappa shape index (κ3) is 4.32. The summed E-state index contributed by atoms with van der Waals surface area (Å²) >= 11 is 12.9. The number of Topliss-reactive ketones (excluding diaryl/α,β-unsaturated/α-hetero) is 1. The van der Waals surface area contributed by atoms with E-state index in [9.17, 15) is 9.59 Å². The predicted octanol–water partition coefficient (Wildman–Crippen LogP) is 6.45. The summed E-state index contributed by atoms with van der Waals surface area (Å²) in [6, 6.07) is 20.2. The first kappa shape index (κ1) is 25.3. The van der Waals surface area contributed by atoms with E-state index < -0.39 is 5.92 Å². The number of hydrogen-bond acceptors (Lipinski definition) is 5. The minimum Gasteiger partial charge on any atom is -0.493 e. The molecule has 39 heavy (non-hydrogen) atoms. The number of aromatic amines is 1. The van der Waals surface area contributed by atoms with Crippen molar-refractivity contribution in [3.63, 3.8) is 0 Å². The van der Waals surface area contributed by atoms with Crippen molar-refractivity contribution in [3.05, 3.63) is 115 Å². The normalized spacial score (nSPS) is 18.3. The molecule has 2 aliphatic rings. The van der Waals surface area contributed by atoms with Gasteiger partial charge in [0.2, 0.25) is 0 Å². The molecule has 0 saturated heterocycles. The summed E-state index contributed by atoms with van der Waals surface area (Å²) in [6.07, 6.45) is 0.848. The van der Waals surface area contributed by atoms with E-state index in [1.807, 2.05) is 48.5 Å². The van der Waals surface area contributed by atoms with Gasteiger partial charge < -0.3 is 14.8 Å². The fraction of sp³-hybridized carbons (Fsp3) is 0.200. The Labute approximate surface area is 234 Å². The molecule has 0 bridgehead atoms. The molecule has 4 aromatic rings. The number of allylic oxidation sites excluding steroid dienone is 2. The van der Waals surface area contributed by atoms with Crippen molar-refractivity contribution in [3.8, 4) is 17.2 Å². The van der Waals surface area contributed by atoms with Gasteiger partial charge in [0.05, 0.1) is 25.5 Å². The number of nitrogens with one attached hydrogen (secondary N) is 2. The van der Waals surface area contributed by atoms with Gasteiger partial charge >= 0.3 is 0 Å². The van der Waals surface area contributed by atoms with E-state index in [1.165, 1.54) is 4.68 Å². The van der Waals surface area contributed by atoms with Crippen LogP contribution in [-0.4, -0.2) is 29.8 Å². The molecule has 0 radical (unpaired) electrons. The molecular weight excluding hydrogens is 537 g/mol. The summed E-state index contributed by atoms with van der Waals surface area (Å²) in [6.45, 7) is 0. The Morgan fingerprint density at radius 2 is 1.67 bits per heavy atom. The zero-order valence-electron chi connectivity index (χ0n) is 21.3. The number of halogens is 2. The second kappa shape index (κ2) is 9.98. The van der Waals surface area contributed by atoms with Gasteiger partial charge in [0.25, 0.3) is 5.56 Å². The third-order valence-electron chi connectivity index (χ3n) is 7.45. The number of aromatic nitrogens is 2. The van der Waals surface area contributed by atoms with Crippen LogP contribution in [0.15, 0.2) is 82.8 Å². The number of benzene rings is 3. The lowest BCUT2D eigenvalue weighted by molar-refractivity contribution is -0.116. The fourth-order valence-corrected chi connectivity index (χ4v) is 6.16. The van der Waals surface area contributed by atoms with Gasteiger partial charge in [-0.25, -0.2) is 4.68 Å². The largest absolute Gasteiger partial charge is 0.493 e. The van der Waals surface area contributed by atoms with E-state index in [2.05, 4.69) is 10.4 Å². The average molecular weight is 562 g/mol. The van der Waals surface area contributed by atoms with Crippen LogP contribution in [0, 0.1) is 0 Å². The number of methoxy groups -OCH3 is 2. The maximum atomic E-state index is 13.9. The van der Waals surface area contributed by atoms with Crippen LogP contribution < -0.4 is 20.3 Å². The average Bonchev–Trinajstić information content (AvgIpc) is 3.27.